The van der Waals surface area contributed by atoms with Crippen LogP contribution in [0.5, 0.6) is 0 Å². The van der Waals surface area contributed by atoms with Gasteiger partial charge in [0, 0.05) is 24.7 Å². The van der Waals surface area contributed by atoms with Crippen LogP contribution in [0.15, 0.2) is 18.2 Å². The van der Waals surface area contributed by atoms with Gasteiger partial charge in [-0.2, -0.15) is 0 Å². The summed E-state index contributed by atoms with van der Waals surface area (Å²) in [6.07, 6.45) is 0. The Balaban J connectivity index is 0.00000225. The molecule has 0 bridgehead atoms. The van der Waals surface area contributed by atoms with Crippen LogP contribution in [0.25, 0.3) is 0 Å². The van der Waals surface area contributed by atoms with E-state index in [0.29, 0.717) is 0 Å². The lowest BCUT2D eigenvalue weighted by atomic mass is 10.1. The molecule has 0 amide bonds. The van der Waals surface area contributed by atoms with Gasteiger partial charge in [-0.05, 0) is 44.3 Å². The number of nitrogens with one attached hydrogen (secondary N) is 1. The van der Waals surface area contributed by atoms with Crippen molar-refractivity contribution < 1.29 is 0 Å². The Hall–Kier alpha value is -0.280. The molecule has 92 valence electrons. The van der Waals surface area contributed by atoms with E-state index in [1.165, 1.54) is 11.1 Å². The molecule has 1 N–H and O–H groups in total. The van der Waals surface area contributed by atoms with Crippen LogP contribution >= 0.6 is 24.0 Å². The molecule has 4 heteroatoms. The number of benzene rings is 1. The van der Waals surface area contributed by atoms with E-state index in [1.54, 1.807) is 0 Å². The van der Waals surface area contributed by atoms with E-state index in [0.717, 1.165) is 24.7 Å². The highest BCUT2D eigenvalue weighted by molar-refractivity contribution is 6.30. The predicted octanol–water partition coefficient (Wildman–Crippen LogP) is 2.72. The Labute approximate surface area is 109 Å². The Morgan fingerprint density at radius 3 is 2.62 bits per heavy atom. The van der Waals surface area contributed by atoms with Gasteiger partial charge in [-0.25, -0.2) is 0 Å². The summed E-state index contributed by atoms with van der Waals surface area (Å²) in [4.78, 5) is 2.30. The molecule has 0 unspecified atom stereocenters. The van der Waals surface area contributed by atoms with Crippen LogP contribution in [0, 0.1) is 6.92 Å². The molecule has 0 aliphatic rings. The van der Waals surface area contributed by atoms with Crippen molar-refractivity contribution in [1.82, 2.24) is 10.2 Å². The van der Waals surface area contributed by atoms with Crippen LogP contribution in [-0.2, 0) is 6.54 Å². The fourth-order valence-electron chi connectivity index (χ4n) is 1.51. The van der Waals surface area contributed by atoms with Crippen molar-refractivity contribution >= 4 is 24.0 Å². The first kappa shape index (κ1) is 15.7. The lowest BCUT2D eigenvalue weighted by Gasteiger charge is -2.17. The first-order chi connectivity index (χ1) is 7.13. The lowest BCUT2D eigenvalue weighted by Crippen LogP contribution is -2.27. The third-order valence-corrected chi connectivity index (χ3v) is 2.72. The van der Waals surface area contributed by atoms with E-state index in [4.69, 9.17) is 11.6 Å². The highest BCUT2D eigenvalue weighted by Crippen LogP contribution is 2.16. The van der Waals surface area contributed by atoms with E-state index in [9.17, 15) is 0 Å². The van der Waals surface area contributed by atoms with Crippen LogP contribution in [0.4, 0.5) is 0 Å². The van der Waals surface area contributed by atoms with Gasteiger partial charge in [-0.1, -0.05) is 17.7 Å². The molecule has 1 aromatic carbocycles. The van der Waals surface area contributed by atoms with E-state index in [2.05, 4.69) is 30.3 Å². The first-order valence-corrected chi connectivity index (χ1v) is 5.59. The zero-order valence-electron chi connectivity index (χ0n) is 10.1. The fourth-order valence-corrected chi connectivity index (χ4v) is 1.74. The minimum atomic E-state index is 0. The number of hydrogen-bond acceptors (Lipinski definition) is 2. The molecule has 0 aliphatic heterocycles. The molecule has 0 heterocycles. The van der Waals surface area contributed by atoms with Gasteiger partial charge in [0.25, 0.3) is 0 Å². The SMILES string of the molecule is CNCCN(C)Cc1ccc(Cl)cc1C.Cl. The van der Waals surface area contributed by atoms with E-state index >= 15 is 0 Å². The summed E-state index contributed by atoms with van der Waals surface area (Å²) >= 11 is 5.91. The zero-order valence-corrected chi connectivity index (χ0v) is 11.7. The molecule has 0 saturated heterocycles. The van der Waals surface area contributed by atoms with Gasteiger partial charge in [-0.15, -0.1) is 12.4 Å². The predicted molar refractivity (Wildman–Crippen MR) is 73.7 cm³/mol. The Morgan fingerprint density at radius 2 is 2.06 bits per heavy atom. The minimum Gasteiger partial charge on any atom is -0.318 e. The van der Waals surface area contributed by atoms with Gasteiger partial charge < -0.3 is 10.2 Å². The number of rotatable bonds is 5. The average molecular weight is 263 g/mol. The summed E-state index contributed by atoms with van der Waals surface area (Å²) in [5.74, 6) is 0. The molecule has 2 nitrogen and oxygen atoms in total. The molecule has 0 aromatic heterocycles. The summed E-state index contributed by atoms with van der Waals surface area (Å²) in [5.41, 5.74) is 2.61. The number of likely N-dealkylation sites (N-methyl/N-ethyl adjacent to an activating group) is 2. The molecule has 0 spiro atoms. The van der Waals surface area contributed by atoms with Gasteiger partial charge in [0.05, 0.1) is 0 Å². The highest BCUT2D eigenvalue weighted by atomic mass is 35.5. The summed E-state index contributed by atoms with van der Waals surface area (Å²) in [7, 11) is 4.10. The molecule has 0 saturated carbocycles. The number of halogens is 2. The summed E-state index contributed by atoms with van der Waals surface area (Å²) in [6, 6.07) is 6.08. The molecule has 1 aromatic rings. The van der Waals surface area contributed by atoms with Crippen LogP contribution < -0.4 is 5.32 Å². The maximum Gasteiger partial charge on any atom is 0.0408 e. The standard InChI is InChI=1S/C12H19ClN2.ClH/c1-10-8-12(13)5-4-11(10)9-15(3)7-6-14-2;/h4-5,8,14H,6-7,9H2,1-3H3;1H. The van der Waals surface area contributed by atoms with Crippen molar-refractivity contribution in [2.75, 3.05) is 27.2 Å². The second-order valence-electron chi connectivity index (χ2n) is 3.91. The van der Waals surface area contributed by atoms with Crippen LogP contribution in [0.1, 0.15) is 11.1 Å². The number of hydrogen-bond donors (Lipinski definition) is 1. The topological polar surface area (TPSA) is 15.3 Å². The van der Waals surface area contributed by atoms with Crippen molar-refractivity contribution in [3.8, 4) is 0 Å². The molecular weight excluding hydrogens is 243 g/mol. The molecule has 16 heavy (non-hydrogen) atoms. The summed E-state index contributed by atoms with van der Waals surface area (Å²) in [5, 5.41) is 3.96. The van der Waals surface area contributed by atoms with Gasteiger partial charge >= 0.3 is 0 Å². The average Bonchev–Trinajstić information content (AvgIpc) is 2.19. The summed E-state index contributed by atoms with van der Waals surface area (Å²) < 4.78 is 0. The second kappa shape index (κ2) is 7.91. The highest BCUT2D eigenvalue weighted by Gasteiger charge is 2.03. The van der Waals surface area contributed by atoms with E-state index < -0.39 is 0 Å². The number of nitrogens with zero attached hydrogens (tertiary/aromatic N) is 1. The van der Waals surface area contributed by atoms with Crippen molar-refractivity contribution in [2.24, 2.45) is 0 Å². The smallest absolute Gasteiger partial charge is 0.0408 e. The van der Waals surface area contributed by atoms with Crippen molar-refractivity contribution in [3.63, 3.8) is 0 Å². The quantitative estimate of drug-likeness (QED) is 0.878. The van der Waals surface area contributed by atoms with Gasteiger partial charge in [0.2, 0.25) is 0 Å². The molecule has 0 radical (unpaired) electrons. The van der Waals surface area contributed by atoms with Crippen molar-refractivity contribution in [2.45, 2.75) is 13.5 Å². The molecule has 0 fully saturated rings. The zero-order chi connectivity index (χ0) is 11.3. The maximum atomic E-state index is 5.91. The molecule has 0 aliphatic carbocycles. The van der Waals surface area contributed by atoms with Crippen LogP contribution in [-0.4, -0.2) is 32.1 Å². The summed E-state index contributed by atoms with van der Waals surface area (Å²) in [6.45, 7) is 5.15. The van der Waals surface area contributed by atoms with Crippen molar-refractivity contribution in [1.29, 1.82) is 0 Å². The van der Waals surface area contributed by atoms with Gasteiger partial charge in [0.1, 0.15) is 0 Å². The van der Waals surface area contributed by atoms with Crippen molar-refractivity contribution in [3.05, 3.63) is 34.3 Å². The third kappa shape index (κ3) is 5.17. The van der Waals surface area contributed by atoms with Crippen LogP contribution in [0.2, 0.25) is 5.02 Å². The molecule has 0 atom stereocenters. The third-order valence-electron chi connectivity index (χ3n) is 2.49. The minimum absolute atomic E-state index is 0. The fraction of sp³-hybridized carbons (Fsp3) is 0.500. The Bertz CT molecular complexity index is 316. The number of aryl methyl sites for hydroxylation is 1. The largest absolute Gasteiger partial charge is 0.318 e. The molecular formula is C12H20Cl2N2. The van der Waals surface area contributed by atoms with Crippen LogP contribution in [0.3, 0.4) is 0 Å². The second-order valence-corrected chi connectivity index (χ2v) is 4.35. The monoisotopic (exact) mass is 262 g/mol. The van der Waals surface area contributed by atoms with E-state index in [-0.39, 0.29) is 12.4 Å². The molecule has 1 rings (SSSR count). The Kier molecular flexibility index (Phi) is 7.77. The normalized spacial score (nSPS) is 10.3. The van der Waals surface area contributed by atoms with Gasteiger partial charge in [-0.3, -0.25) is 0 Å². The Morgan fingerprint density at radius 1 is 1.38 bits per heavy atom. The van der Waals surface area contributed by atoms with E-state index in [1.807, 2.05) is 19.2 Å². The first-order valence-electron chi connectivity index (χ1n) is 5.21. The van der Waals surface area contributed by atoms with Gasteiger partial charge in [0.15, 0.2) is 0 Å². The lowest BCUT2D eigenvalue weighted by molar-refractivity contribution is 0.327. The maximum absolute atomic E-state index is 5.91.